The first-order valence-electron chi connectivity index (χ1n) is 5.16. The maximum Gasteiger partial charge on any atom is 0.326 e. The first kappa shape index (κ1) is 13.5. The Labute approximate surface area is 118 Å². The van der Waals surface area contributed by atoms with Gasteiger partial charge in [0.1, 0.15) is 0 Å². The van der Waals surface area contributed by atoms with E-state index in [1.54, 1.807) is 6.07 Å². The average Bonchev–Trinajstić information content (AvgIpc) is 2.80. The fraction of sp³-hybridized carbons (Fsp3) is 0. The molecule has 0 radical (unpaired) electrons. The monoisotopic (exact) mass is 298 g/mol. The first-order valence-corrected chi connectivity index (χ1v) is 5.92. The van der Waals surface area contributed by atoms with E-state index in [9.17, 15) is 9.59 Å². The number of carbonyl (C=O) groups excluding carboxylic acids is 2. The second kappa shape index (κ2) is 5.77. The van der Waals surface area contributed by atoms with E-state index in [-0.39, 0.29) is 5.76 Å². The van der Waals surface area contributed by atoms with Gasteiger partial charge in [-0.05, 0) is 30.3 Å². The molecule has 1 aromatic heterocycles. The normalized spacial score (nSPS) is 10.0. The van der Waals surface area contributed by atoms with Crippen molar-refractivity contribution in [1.29, 1.82) is 0 Å². The molecule has 1 aromatic carbocycles. The summed E-state index contributed by atoms with van der Waals surface area (Å²) >= 11 is 11.6. The van der Waals surface area contributed by atoms with Crippen molar-refractivity contribution in [2.45, 2.75) is 0 Å². The highest BCUT2D eigenvalue weighted by molar-refractivity contribution is 6.35. The Morgan fingerprint density at radius 1 is 1.11 bits per heavy atom. The van der Waals surface area contributed by atoms with Crippen LogP contribution in [0.5, 0.6) is 0 Å². The number of benzene rings is 1. The van der Waals surface area contributed by atoms with E-state index in [0.29, 0.717) is 15.7 Å². The van der Waals surface area contributed by atoms with Gasteiger partial charge in [0.2, 0.25) is 0 Å². The molecular weight excluding hydrogens is 291 g/mol. The summed E-state index contributed by atoms with van der Waals surface area (Å²) in [5.74, 6) is -0.602. The van der Waals surface area contributed by atoms with Gasteiger partial charge in [0, 0.05) is 15.7 Å². The Morgan fingerprint density at radius 3 is 2.37 bits per heavy atom. The Balaban J connectivity index is 1.99. The Hall–Kier alpha value is -1.98. The highest BCUT2D eigenvalue weighted by Crippen LogP contribution is 2.22. The second-order valence-electron chi connectivity index (χ2n) is 3.54. The third-order valence-corrected chi connectivity index (χ3v) is 2.53. The molecule has 0 saturated carbocycles. The van der Waals surface area contributed by atoms with Crippen LogP contribution in [0.2, 0.25) is 10.0 Å². The van der Waals surface area contributed by atoms with Crippen LogP contribution in [-0.2, 0) is 0 Å². The van der Waals surface area contributed by atoms with Crippen LogP contribution in [0, 0.1) is 0 Å². The Kier molecular flexibility index (Phi) is 4.09. The van der Waals surface area contributed by atoms with Crippen LogP contribution in [0.25, 0.3) is 0 Å². The lowest BCUT2D eigenvalue weighted by Gasteiger charge is -2.06. The van der Waals surface area contributed by atoms with E-state index < -0.39 is 11.9 Å². The van der Waals surface area contributed by atoms with Crippen LogP contribution >= 0.6 is 23.2 Å². The van der Waals surface area contributed by atoms with Crippen LogP contribution in [0.15, 0.2) is 41.0 Å². The van der Waals surface area contributed by atoms with Gasteiger partial charge < -0.3 is 9.73 Å². The number of imide groups is 1. The molecule has 5 nitrogen and oxygen atoms in total. The van der Waals surface area contributed by atoms with Gasteiger partial charge in [0.15, 0.2) is 5.76 Å². The van der Waals surface area contributed by atoms with Gasteiger partial charge in [0.05, 0.1) is 6.26 Å². The number of hydrogen-bond donors (Lipinski definition) is 2. The van der Waals surface area contributed by atoms with Crippen LogP contribution in [-0.4, -0.2) is 11.9 Å². The summed E-state index contributed by atoms with van der Waals surface area (Å²) in [6, 6.07) is 6.82. The average molecular weight is 299 g/mol. The minimum absolute atomic E-state index is 0.0410. The molecule has 2 aromatic rings. The molecule has 0 unspecified atom stereocenters. The summed E-state index contributed by atoms with van der Waals surface area (Å²) in [6.07, 6.45) is 1.34. The van der Waals surface area contributed by atoms with Crippen LogP contribution < -0.4 is 10.6 Å². The van der Waals surface area contributed by atoms with E-state index in [2.05, 4.69) is 10.6 Å². The molecule has 0 aliphatic carbocycles. The predicted molar refractivity (Wildman–Crippen MR) is 71.7 cm³/mol. The van der Waals surface area contributed by atoms with Gasteiger partial charge in [0.25, 0.3) is 5.91 Å². The number of halogens is 2. The lowest BCUT2D eigenvalue weighted by Crippen LogP contribution is -2.34. The zero-order valence-electron chi connectivity index (χ0n) is 9.44. The highest BCUT2D eigenvalue weighted by atomic mass is 35.5. The van der Waals surface area contributed by atoms with Gasteiger partial charge in [-0.15, -0.1) is 0 Å². The summed E-state index contributed by atoms with van der Waals surface area (Å²) in [6.45, 7) is 0. The summed E-state index contributed by atoms with van der Waals surface area (Å²) in [4.78, 5) is 23.1. The van der Waals surface area contributed by atoms with Crippen LogP contribution in [0.3, 0.4) is 0 Å². The minimum Gasteiger partial charge on any atom is -0.459 e. The molecule has 0 bridgehead atoms. The smallest absolute Gasteiger partial charge is 0.326 e. The summed E-state index contributed by atoms with van der Waals surface area (Å²) < 4.78 is 4.85. The van der Waals surface area contributed by atoms with Crippen molar-refractivity contribution in [3.05, 3.63) is 52.4 Å². The topological polar surface area (TPSA) is 71.3 Å². The maximum absolute atomic E-state index is 11.6. The predicted octanol–water partition coefficient (Wildman–Crippen LogP) is 3.55. The first-order chi connectivity index (χ1) is 9.04. The molecule has 0 saturated heterocycles. The van der Waals surface area contributed by atoms with Crippen LogP contribution in [0.1, 0.15) is 10.6 Å². The number of rotatable bonds is 2. The highest BCUT2D eigenvalue weighted by Gasteiger charge is 2.12. The van der Waals surface area contributed by atoms with Crippen molar-refractivity contribution in [2.24, 2.45) is 0 Å². The Bertz CT molecular complexity index is 591. The molecule has 0 atom stereocenters. The van der Waals surface area contributed by atoms with Gasteiger partial charge in [-0.3, -0.25) is 10.1 Å². The van der Waals surface area contributed by atoms with Gasteiger partial charge >= 0.3 is 6.03 Å². The number of carbonyl (C=O) groups is 2. The van der Waals surface area contributed by atoms with E-state index >= 15 is 0 Å². The molecular formula is C12H8Cl2N2O3. The summed E-state index contributed by atoms with van der Waals surface area (Å²) in [5.41, 5.74) is 0.377. The lowest BCUT2D eigenvalue weighted by molar-refractivity contribution is 0.0940. The second-order valence-corrected chi connectivity index (χ2v) is 4.42. The zero-order chi connectivity index (χ0) is 13.8. The van der Waals surface area contributed by atoms with Gasteiger partial charge in [-0.1, -0.05) is 23.2 Å². The molecule has 3 amide bonds. The molecule has 0 aliphatic rings. The number of amides is 3. The van der Waals surface area contributed by atoms with Crippen molar-refractivity contribution >= 4 is 40.8 Å². The molecule has 7 heteroatoms. The van der Waals surface area contributed by atoms with Crippen LogP contribution in [0.4, 0.5) is 10.5 Å². The van der Waals surface area contributed by atoms with E-state index in [1.807, 2.05) is 0 Å². The number of hydrogen-bond acceptors (Lipinski definition) is 3. The molecule has 2 rings (SSSR count). The molecule has 0 aliphatic heterocycles. The van der Waals surface area contributed by atoms with Crippen molar-refractivity contribution in [2.75, 3.05) is 5.32 Å². The number of furan rings is 1. The van der Waals surface area contributed by atoms with E-state index in [1.165, 1.54) is 30.5 Å². The van der Waals surface area contributed by atoms with Gasteiger partial charge in [-0.2, -0.15) is 0 Å². The molecule has 98 valence electrons. The SMILES string of the molecule is O=C(NC(=O)c1ccco1)Nc1cc(Cl)cc(Cl)c1. The minimum atomic E-state index is -0.709. The largest absolute Gasteiger partial charge is 0.459 e. The van der Waals surface area contributed by atoms with Gasteiger partial charge in [-0.25, -0.2) is 4.79 Å². The summed E-state index contributed by atoms with van der Waals surface area (Å²) in [7, 11) is 0. The molecule has 0 fully saturated rings. The quantitative estimate of drug-likeness (QED) is 0.890. The van der Waals surface area contributed by atoms with E-state index in [4.69, 9.17) is 27.6 Å². The number of nitrogens with one attached hydrogen (secondary N) is 2. The summed E-state index contributed by atoms with van der Waals surface area (Å²) in [5, 5.41) is 5.29. The molecule has 1 heterocycles. The standard InChI is InChI=1S/C12H8Cl2N2O3/c13-7-4-8(14)6-9(5-7)15-12(18)16-11(17)10-2-1-3-19-10/h1-6H,(H2,15,16,17,18). The van der Waals surface area contributed by atoms with E-state index in [0.717, 1.165) is 0 Å². The lowest BCUT2D eigenvalue weighted by atomic mass is 10.3. The molecule has 19 heavy (non-hydrogen) atoms. The van der Waals surface area contributed by atoms with Crippen molar-refractivity contribution in [3.8, 4) is 0 Å². The third-order valence-electron chi connectivity index (χ3n) is 2.09. The fourth-order valence-corrected chi connectivity index (χ4v) is 1.89. The number of anilines is 1. The third kappa shape index (κ3) is 3.74. The Morgan fingerprint density at radius 2 is 1.79 bits per heavy atom. The zero-order valence-corrected chi connectivity index (χ0v) is 11.0. The van der Waals surface area contributed by atoms with Crippen molar-refractivity contribution in [1.82, 2.24) is 5.32 Å². The maximum atomic E-state index is 11.6. The molecule has 2 N–H and O–H groups in total. The van der Waals surface area contributed by atoms with Crippen molar-refractivity contribution in [3.63, 3.8) is 0 Å². The van der Waals surface area contributed by atoms with Crippen molar-refractivity contribution < 1.29 is 14.0 Å². The molecule has 0 spiro atoms. The number of urea groups is 1. The fourth-order valence-electron chi connectivity index (χ4n) is 1.36.